The Morgan fingerprint density at radius 2 is 1.86 bits per heavy atom. The van der Waals surface area contributed by atoms with E-state index in [9.17, 15) is 14.4 Å². The standard InChI is InChI=1S/C20H24N4O4/c25-18(12-17-15-5-1-2-6-16(15)19(26)22-21-17)24-7-3-4-14(13-24)20(27)23-8-10-28-11-9-23/h1-2,5-6,14H,3-4,7-13H2,(H,22,26). The van der Waals surface area contributed by atoms with Gasteiger partial charge in [0.1, 0.15) is 0 Å². The summed E-state index contributed by atoms with van der Waals surface area (Å²) in [4.78, 5) is 41.2. The average Bonchev–Trinajstić information content (AvgIpc) is 2.76. The van der Waals surface area contributed by atoms with Crippen LogP contribution in [0.3, 0.4) is 0 Å². The second-order valence-electron chi connectivity index (χ2n) is 7.34. The van der Waals surface area contributed by atoms with Crippen LogP contribution in [0.2, 0.25) is 0 Å². The molecule has 8 nitrogen and oxygen atoms in total. The number of benzene rings is 1. The molecule has 2 aliphatic rings. The van der Waals surface area contributed by atoms with Gasteiger partial charge >= 0.3 is 0 Å². The number of fused-ring (bicyclic) bond motifs is 1. The summed E-state index contributed by atoms with van der Waals surface area (Å²) in [5, 5.41) is 7.79. The summed E-state index contributed by atoms with van der Waals surface area (Å²) in [6.45, 7) is 3.48. The van der Waals surface area contributed by atoms with E-state index < -0.39 is 0 Å². The Labute approximate surface area is 162 Å². The molecule has 1 aromatic heterocycles. The number of aromatic nitrogens is 2. The lowest BCUT2D eigenvalue weighted by atomic mass is 9.95. The zero-order chi connectivity index (χ0) is 19.5. The smallest absolute Gasteiger partial charge is 0.272 e. The van der Waals surface area contributed by atoms with E-state index in [1.54, 1.807) is 23.1 Å². The van der Waals surface area contributed by atoms with Crippen molar-refractivity contribution >= 4 is 22.6 Å². The number of hydrogen-bond donors (Lipinski definition) is 1. The lowest BCUT2D eigenvalue weighted by Crippen LogP contribution is -2.49. The van der Waals surface area contributed by atoms with Gasteiger partial charge in [0.15, 0.2) is 0 Å². The Kier molecular flexibility index (Phi) is 5.38. The fourth-order valence-electron chi connectivity index (χ4n) is 4.01. The molecule has 2 saturated heterocycles. The van der Waals surface area contributed by atoms with Gasteiger partial charge in [0.25, 0.3) is 5.56 Å². The molecule has 0 aliphatic carbocycles. The largest absolute Gasteiger partial charge is 0.378 e. The molecule has 1 unspecified atom stereocenters. The van der Waals surface area contributed by atoms with Gasteiger partial charge < -0.3 is 14.5 Å². The van der Waals surface area contributed by atoms with Crippen LogP contribution in [-0.2, 0) is 20.7 Å². The van der Waals surface area contributed by atoms with Gasteiger partial charge in [-0.2, -0.15) is 5.10 Å². The molecular formula is C20H24N4O4. The maximum Gasteiger partial charge on any atom is 0.272 e. The minimum absolute atomic E-state index is 0.0656. The van der Waals surface area contributed by atoms with Crippen molar-refractivity contribution in [1.29, 1.82) is 0 Å². The fourth-order valence-corrected chi connectivity index (χ4v) is 4.01. The van der Waals surface area contributed by atoms with Gasteiger partial charge in [-0.05, 0) is 18.9 Å². The number of H-pyrrole nitrogens is 1. The minimum atomic E-state index is -0.263. The molecule has 1 N–H and O–H groups in total. The molecule has 2 aliphatic heterocycles. The third-order valence-corrected chi connectivity index (χ3v) is 5.54. The molecule has 28 heavy (non-hydrogen) atoms. The summed E-state index contributed by atoms with van der Waals surface area (Å²) >= 11 is 0. The van der Waals surface area contributed by atoms with Gasteiger partial charge in [0, 0.05) is 31.6 Å². The number of likely N-dealkylation sites (tertiary alicyclic amines) is 1. The first-order valence-corrected chi connectivity index (χ1v) is 9.74. The van der Waals surface area contributed by atoms with Crippen molar-refractivity contribution in [3.63, 3.8) is 0 Å². The lowest BCUT2D eigenvalue weighted by molar-refractivity contribution is -0.143. The van der Waals surface area contributed by atoms with Crippen molar-refractivity contribution in [2.45, 2.75) is 19.3 Å². The Morgan fingerprint density at radius 1 is 1.11 bits per heavy atom. The highest BCUT2D eigenvalue weighted by molar-refractivity contribution is 5.88. The molecule has 8 heteroatoms. The molecule has 2 amide bonds. The number of carbonyl (C=O) groups is 2. The van der Waals surface area contributed by atoms with Crippen molar-refractivity contribution in [2.75, 3.05) is 39.4 Å². The number of hydrogen-bond acceptors (Lipinski definition) is 5. The van der Waals surface area contributed by atoms with Crippen LogP contribution in [-0.4, -0.2) is 71.2 Å². The first-order valence-electron chi connectivity index (χ1n) is 9.74. The van der Waals surface area contributed by atoms with Crippen LogP contribution in [0.15, 0.2) is 29.1 Å². The Balaban J connectivity index is 1.46. The summed E-state index contributed by atoms with van der Waals surface area (Å²) < 4.78 is 5.32. The maximum absolute atomic E-state index is 12.9. The molecule has 2 aromatic rings. The molecule has 2 fully saturated rings. The van der Waals surface area contributed by atoms with Crippen LogP contribution in [0, 0.1) is 5.92 Å². The first kappa shape index (κ1) is 18.6. The van der Waals surface area contributed by atoms with Crippen LogP contribution in [0.4, 0.5) is 0 Å². The molecular weight excluding hydrogens is 360 g/mol. The van der Waals surface area contributed by atoms with E-state index in [1.165, 1.54) is 0 Å². The number of ether oxygens (including phenoxy) is 1. The third-order valence-electron chi connectivity index (χ3n) is 5.54. The van der Waals surface area contributed by atoms with Crippen LogP contribution >= 0.6 is 0 Å². The van der Waals surface area contributed by atoms with Gasteiger partial charge in [-0.25, -0.2) is 5.10 Å². The third kappa shape index (κ3) is 3.77. The SMILES string of the molecule is O=C(Cc1n[nH]c(=O)c2ccccc12)N1CCCC(C(=O)N2CCOCC2)C1. The van der Waals surface area contributed by atoms with Gasteiger partial charge in [-0.15, -0.1) is 0 Å². The highest BCUT2D eigenvalue weighted by atomic mass is 16.5. The number of nitrogens with zero attached hydrogens (tertiary/aromatic N) is 3. The summed E-state index contributed by atoms with van der Waals surface area (Å²) in [6, 6.07) is 7.15. The van der Waals surface area contributed by atoms with Crippen LogP contribution in [0.5, 0.6) is 0 Å². The topological polar surface area (TPSA) is 95.6 Å². The summed E-state index contributed by atoms with van der Waals surface area (Å²) in [7, 11) is 0. The normalized spacial score (nSPS) is 20.4. The first-order chi connectivity index (χ1) is 13.6. The molecule has 1 atom stereocenters. The monoisotopic (exact) mass is 384 g/mol. The molecule has 3 heterocycles. The van der Waals surface area contributed by atoms with Crippen molar-refractivity contribution in [3.05, 3.63) is 40.3 Å². The predicted molar refractivity (Wildman–Crippen MR) is 103 cm³/mol. The summed E-state index contributed by atoms with van der Waals surface area (Å²) in [6.07, 6.45) is 1.72. The quantitative estimate of drug-likeness (QED) is 0.834. The van der Waals surface area contributed by atoms with E-state index in [4.69, 9.17) is 4.74 Å². The number of amides is 2. The molecule has 148 valence electrons. The predicted octanol–water partition coefficient (Wildman–Crippen LogP) is 0.563. The van der Waals surface area contributed by atoms with Crippen molar-refractivity contribution in [2.24, 2.45) is 5.92 Å². The van der Waals surface area contributed by atoms with E-state index in [2.05, 4.69) is 10.2 Å². The molecule has 0 saturated carbocycles. The lowest BCUT2D eigenvalue weighted by Gasteiger charge is -2.36. The van der Waals surface area contributed by atoms with Crippen molar-refractivity contribution in [3.8, 4) is 0 Å². The van der Waals surface area contributed by atoms with Crippen molar-refractivity contribution < 1.29 is 14.3 Å². The van der Waals surface area contributed by atoms with E-state index in [0.29, 0.717) is 55.9 Å². The number of nitrogens with one attached hydrogen (secondary N) is 1. The van der Waals surface area contributed by atoms with Gasteiger partial charge in [-0.3, -0.25) is 14.4 Å². The number of aromatic amines is 1. The van der Waals surface area contributed by atoms with E-state index in [0.717, 1.165) is 12.8 Å². The van der Waals surface area contributed by atoms with E-state index in [1.807, 2.05) is 11.0 Å². The summed E-state index contributed by atoms with van der Waals surface area (Å²) in [5.74, 6) is -0.103. The molecule has 0 radical (unpaired) electrons. The molecule has 0 bridgehead atoms. The molecule has 0 spiro atoms. The highest BCUT2D eigenvalue weighted by Crippen LogP contribution is 2.21. The van der Waals surface area contributed by atoms with Crippen molar-refractivity contribution in [1.82, 2.24) is 20.0 Å². The second kappa shape index (κ2) is 8.10. The fraction of sp³-hybridized carbons (Fsp3) is 0.500. The zero-order valence-electron chi connectivity index (χ0n) is 15.7. The van der Waals surface area contributed by atoms with Gasteiger partial charge in [0.05, 0.1) is 36.6 Å². The van der Waals surface area contributed by atoms with Crippen LogP contribution in [0.1, 0.15) is 18.5 Å². The number of rotatable bonds is 3. The number of morpholine rings is 1. The maximum atomic E-state index is 12.9. The highest BCUT2D eigenvalue weighted by Gasteiger charge is 2.32. The van der Waals surface area contributed by atoms with E-state index in [-0.39, 0.29) is 29.7 Å². The number of piperidine rings is 1. The Bertz CT molecular complexity index is 935. The molecule has 4 rings (SSSR count). The van der Waals surface area contributed by atoms with Gasteiger partial charge in [0.2, 0.25) is 11.8 Å². The minimum Gasteiger partial charge on any atom is -0.378 e. The average molecular weight is 384 g/mol. The second-order valence-corrected chi connectivity index (χ2v) is 7.34. The Hall–Kier alpha value is -2.74. The van der Waals surface area contributed by atoms with Gasteiger partial charge in [-0.1, -0.05) is 18.2 Å². The Morgan fingerprint density at radius 3 is 2.64 bits per heavy atom. The van der Waals surface area contributed by atoms with E-state index >= 15 is 0 Å². The summed E-state index contributed by atoms with van der Waals surface area (Å²) in [5.41, 5.74) is 0.294. The molecule has 1 aromatic carbocycles. The van der Waals surface area contributed by atoms with Crippen LogP contribution in [0.25, 0.3) is 10.8 Å². The zero-order valence-corrected chi connectivity index (χ0v) is 15.7. The number of carbonyl (C=O) groups excluding carboxylic acids is 2. The van der Waals surface area contributed by atoms with Crippen LogP contribution < -0.4 is 5.56 Å².